The van der Waals surface area contributed by atoms with E-state index >= 15 is 0 Å². The first-order chi connectivity index (χ1) is 22.2. The number of para-hydroxylation sites is 2. The van der Waals surface area contributed by atoms with Crippen LogP contribution >= 0.6 is 11.6 Å². The van der Waals surface area contributed by atoms with Crippen molar-refractivity contribution in [2.75, 3.05) is 36.7 Å². The Morgan fingerprint density at radius 1 is 0.891 bits per heavy atom. The van der Waals surface area contributed by atoms with Crippen LogP contribution in [0.2, 0.25) is 5.02 Å². The van der Waals surface area contributed by atoms with Crippen LogP contribution < -0.4 is 40.7 Å². The average Bonchev–Trinajstić information content (AvgIpc) is 3.13. The summed E-state index contributed by atoms with van der Waals surface area (Å²) < 4.78 is 41.1. The number of benzene rings is 4. The van der Waals surface area contributed by atoms with E-state index in [2.05, 4.69) is 20.7 Å². The smallest absolute Gasteiger partial charge is 0.261 e. The van der Waals surface area contributed by atoms with Gasteiger partial charge in [-0.05, 0) is 36.4 Å². The molecule has 0 fully saturated rings. The lowest BCUT2D eigenvalue weighted by Gasteiger charge is -2.17. The van der Waals surface area contributed by atoms with Gasteiger partial charge in [0.05, 0.1) is 47.4 Å². The Morgan fingerprint density at radius 2 is 1.63 bits per heavy atom. The Morgan fingerprint density at radius 3 is 2.39 bits per heavy atom. The van der Waals surface area contributed by atoms with Crippen molar-refractivity contribution in [2.45, 2.75) is 11.3 Å². The van der Waals surface area contributed by atoms with Crippen LogP contribution in [0.5, 0.6) is 11.5 Å². The maximum atomic E-state index is 13.8. The summed E-state index contributed by atoms with van der Waals surface area (Å²) in [6.45, 7) is -0.0672. The highest BCUT2D eigenvalue weighted by Gasteiger charge is 2.20. The molecule has 4 aromatic carbocycles. The average molecular weight is 658 g/mol. The molecule has 12 heteroatoms. The Hall–Kier alpha value is -5.26. The van der Waals surface area contributed by atoms with E-state index in [-0.39, 0.29) is 29.6 Å². The Kier molecular flexibility index (Phi) is 10.3. The van der Waals surface area contributed by atoms with E-state index in [0.717, 1.165) is 5.22 Å². The minimum Gasteiger partial charge on any atom is -0.497 e. The van der Waals surface area contributed by atoms with Gasteiger partial charge in [0.2, 0.25) is 5.91 Å². The fourth-order valence-electron chi connectivity index (χ4n) is 4.53. The van der Waals surface area contributed by atoms with E-state index < -0.39 is 10.0 Å². The second-order valence-corrected chi connectivity index (χ2v) is 12.1. The van der Waals surface area contributed by atoms with E-state index in [9.17, 15) is 13.2 Å². The summed E-state index contributed by atoms with van der Waals surface area (Å²) in [7, 11) is -1.04. The molecule has 0 radical (unpaired) electrons. The van der Waals surface area contributed by atoms with Crippen molar-refractivity contribution in [1.29, 1.82) is 0 Å². The number of amides is 1. The summed E-state index contributed by atoms with van der Waals surface area (Å²) in [6.07, 6.45) is 5.81. The number of sulfonamides is 1. The van der Waals surface area contributed by atoms with Crippen molar-refractivity contribution in [1.82, 2.24) is 4.72 Å². The number of ether oxygens (including phenoxy) is 2. The third kappa shape index (κ3) is 8.26. The Labute approximate surface area is 272 Å². The van der Waals surface area contributed by atoms with E-state index in [1.165, 1.54) is 12.1 Å². The van der Waals surface area contributed by atoms with Crippen LogP contribution in [-0.4, -0.2) is 35.1 Å². The summed E-state index contributed by atoms with van der Waals surface area (Å²) in [5, 5.41) is 10.9. The lowest BCUT2D eigenvalue weighted by molar-refractivity contribution is -0.114. The van der Waals surface area contributed by atoms with Crippen LogP contribution in [0, 0.1) is 0 Å². The molecule has 5 rings (SSSR count). The number of halogens is 1. The van der Waals surface area contributed by atoms with E-state index in [1.807, 2.05) is 42.5 Å². The fraction of sp³-hybridized carbons (Fsp3) is 0.118. The van der Waals surface area contributed by atoms with Crippen molar-refractivity contribution in [3.8, 4) is 11.5 Å². The first kappa shape index (κ1) is 32.1. The molecule has 4 N–H and O–H groups in total. The number of methoxy groups -OCH3 is 2. The Bertz CT molecular complexity index is 2020. The highest BCUT2D eigenvalue weighted by atomic mass is 35.5. The van der Waals surface area contributed by atoms with Gasteiger partial charge >= 0.3 is 0 Å². The summed E-state index contributed by atoms with van der Waals surface area (Å²) in [5.41, 5.74) is 1.79. The molecule has 0 bridgehead atoms. The first-order valence-electron chi connectivity index (χ1n) is 14.2. The second kappa shape index (κ2) is 14.7. The summed E-state index contributed by atoms with van der Waals surface area (Å²) in [4.78, 5) is 17.5. The van der Waals surface area contributed by atoms with Crippen LogP contribution in [0.4, 0.5) is 17.1 Å². The standard InChI is InChI=1S/C34H32ClN5O5S/c1-44-26-18-25(19-27(21-26)45-2)38-34-32(17-7-4-11-23-10-3-6-15-30(23)39-34)40-46(42,43)28-13-9-12-24(20-28)37-33(41)22-36-31-16-8-5-14-29(31)35/h3-16,18-21,36,38,40H,17,22H2,1-2H3,(H,37,41)/b7-4+,23-11+,34-32+,39-30-. The van der Waals surface area contributed by atoms with E-state index in [0.29, 0.717) is 44.6 Å². The molecule has 0 saturated carbocycles. The molecule has 0 atom stereocenters. The SMILES string of the molecule is COc1cc(NC2=C(\NS(=O)(=O)c3cccc(NC(=O)CNc4ccccc4Cl)c3)C/C=C/C=c3\cccc\c3=N\2)cc(OC)c1. The molecule has 4 aromatic rings. The molecule has 1 amide bonds. The molecule has 1 aliphatic heterocycles. The van der Waals surface area contributed by atoms with Crippen molar-refractivity contribution in [3.05, 3.63) is 130 Å². The van der Waals surface area contributed by atoms with Crippen molar-refractivity contribution >= 4 is 50.7 Å². The number of fused-ring (bicyclic) bond motifs is 1. The topological polar surface area (TPSA) is 130 Å². The highest BCUT2D eigenvalue weighted by molar-refractivity contribution is 7.89. The normalized spacial score (nSPS) is 16.4. The maximum absolute atomic E-state index is 13.8. The van der Waals surface area contributed by atoms with Gasteiger partial charge in [0.25, 0.3) is 10.0 Å². The molecular formula is C34H32ClN5O5S. The zero-order valence-corrected chi connectivity index (χ0v) is 26.7. The van der Waals surface area contributed by atoms with Crippen LogP contribution in [0.3, 0.4) is 0 Å². The maximum Gasteiger partial charge on any atom is 0.261 e. The van der Waals surface area contributed by atoms with Crippen LogP contribution in [0.1, 0.15) is 6.42 Å². The van der Waals surface area contributed by atoms with Crippen LogP contribution in [0.15, 0.2) is 125 Å². The molecule has 1 aliphatic rings. The monoisotopic (exact) mass is 657 g/mol. The number of nitrogens with one attached hydrogen (secondary N) is 4. The second-order valence-electron chi connectivity index (χ2n) is 10.0. The minimum atomic E-state index is -4.13. The Balaban J connectivity index is 1.46. The van der Waals surface area contributed by atoms with Gasteiger partial charge in [0.1, 0.15) is 11.5 Å². The summed E-state index contributed by atoms with van der Waals surface area (Å²) in [5.74, 6) is 0.992. The third-order valence-corrected chi connectivity index (χ3v) is 8.52. The van der Waals surface area contributed by atoms with E-state index in [4.69, 9.17) is 26.1 Å². The largest absolute Gasteiger partial charge is 0.497 e. The number of rotatable bonds is 11. The lowest BCUT2D eigenvalue weighted by atomic mass is 10.2. The van der Waals surface area contributed by atoms with Gasteiger partial charge < -0.3 is 25.4 Å². The zero-order chi connectivity index (χ0) is 32.5. The molecular weight excluding hydrogens is 626 g/mol. The van der Waals surface area contributed by atoms with Gasteiger partial charge in [0.15, 0.2) is 5.82 Å². The zero-order valence-electron chi connectivity index (χ0n) is 25.1. The van der Waals surface area contributed by atoms with Crippen LogP contribution in [-0.2, 0) is 14.8 Å². The number of nitrogens with zero attached hydrogens (tertiary/aromatic N) is 1. The summed E-state index contributed by atoms with van der Waals surface area (Å²) in [6, 6.07) is 25.8. The predicted molar refractivity (Wildman–Crippen MR) is 181 cm³/mol. The van der Waals surface area contributed by atoms with Gasteiger partial charge in [0, 0.05) is 41.2 Å². The van der Waals surface area contributed by atoms with Gasteiger partial charge in [-0.25, -0.2) is 13.4 Å². The molecule has 0 aromatic heterocycles. The lowest BCUT2D eigenvalue weighted by Crippen LogP contribution is -2.28. The van der Waals surface area contributed by atoms with Crippen molar-refractivity contribution < 1.29 is 22.7 Å². The molecule has 46 heavy (non-hydrogen) atoms. The number of carbonyl (C=O) groups is 1. The van der Waals surface area contributed by atoms with Gasteiger partial charge in [-0.15, -0.1) is 0 Å². The number of hydrogen-bond donors (Lipinski definition) is 4. The molecule has 0 aliphatic carbocycles. The van der Waals surface area contributed by atoms with Crippen molar-refractivity contribution in [2.24, 2.45) is 4.99 Å². The number of allylic oxidation sites excluding steroid dienone is 2. The van der Waals surface area contributed by atoms with Gasteiger partial charge in [-0.1, -0.05) is 66.2 Å². The molecule has 236 valence electrons. The quantitative estimate of drug-likeness (QED) is 0.178. The first-order valence-corrected chi connectivity index (χ1v) is 16.1. The number of anilines is 3. The van der Waals surface area contributed by atoms with Crippen molar-refractivity contribution in [3.63, 3.8) is 0 Å². The fourth-order valence-corrected chi connectivity index (χ4v) is 5.89. The molecule has 1 heterocycles. The third-order valence-electron chi connectivity index (χ3n) is 6.80. The molecule has 10 nitrogen and oxygen atoms in total. The van der Waals surface area contributed by atoms with Gasteiger partial charge in [-0.2, -0.15) is 0 Å². The number of hydrogen-bond acceptors (Lipinski definition) is 8. The minimum absolute atomic E-state index is 0.0462. The van der Waals surface area contributed by atoms with E-state index in [1.54, 1.807) is 68.8 Å². The molecule has 0 saturated heterocycles. The summed E-state index contributed by atoms with van der Waals surface area (Å²) >= 11 is 6.15. The molecule has 0 spiro atoms. The highest BCUT2D eigenvalue weighted by Crippen LogP contribution is 2.28. The van der Waals surface area contributed by atoms with Crippen LogP contribution in [0.25, 0.3) is 6.08 Å². The predicted octanol–water partition coefficient (Wildman–Crippen LogP) is 5.03. The number of carbonyl (C=O) groups excluding carboxylic acids is 1. The van der Waals surface area contributed by atoms with Gasteiger partial charge in [-0.3, -0.25) is 9.52 Å². The molecule has 0 unspecified atom stereocenters.